The second-order valence-corrected chi connectivity index (χ2v) is 3.75. The standard InChI is InChI=1S/C8H17NS.C2H6/c1-2-3-8-4-6-9(10)7-5-8;1-2/h8,10H,2-7H2,1H3;1-2H3. The highest BCUT2D eigenvalue weighted by Crippen LogP contribution is 2.21. The van der Waals surface area contributed by atoms with Crippen LogP contribution in [0.4, 0.5) is 0 Å². The zero-order chi connectivity index (χ0) is 9.40. The topological polar surface area (TPSA) is 3.24 Å². The lowest BCUT2D eigenvalue weighted by Gasteiger charge is -2.27. The zero-order valence-electron chi connectivity index (χ0n) is 8.71. The van der Waals surface area contributed by atoms with Gasteiger partial charge in [0, 0.05) is 13.1 Å². The molecule has 0 spiro atoms. The van der Waals surface area contributed by atoms with Gasteiger partial charge in [-0.3, -0.25) is 4.31 Å². The molecule has 0 radical (unpaired) electrons. The largest absolute Gasteiger partial charge is 0.253 e. The molecule has 1 aliphatic rings. The van der Waals surface area contributed by atoms with Gasteiger partial charge in [0.2, 0.25) is 0 Å². The Labute approximate surface area is 83.1 Å². The van der Waals surface area contributed by atoms with Crippen molar-refractivity contribution in [3.63, 3.8) is 0 Å². The van der Waals surface area contributed by atoms with Crippen LogP contribution in [0, 0.1) is 5.92 Å². The number of hydrogen-bond acceptors (Lipinski definition) is 2. The Hall–Kier alpha value is 0.310. The van der Waals surface area contributed by atoms with Gasteiger partial charge in [-0.25, -0.2) is 0 Å². The van der Waals surface area contributed by atoms with Gasteiger partial charge in [0.05, 0.1) is 0 Å². The summed E-state index contributed by atoms with van der Waals surface area (Å²) in [5.41, 5.74) is 0. The molecule has 0 aromatic heterocycles. The van der Waals surface area contributed by atoms with Crippen LogP contribution in [0.3, 0.4) is 0 Å². The summed E-state index contributed by atoms with van der Waals surface area (Å²) in [6, 6.07) is 0. The molecule has 1 saturated heterocycles. The second-order valence-electron chi connectivity index (χ2n) is 3.19. The lowest BCUT2D eigenvalue weighted by atomic mass is 9.94. The van der Waals surface area contributed by atoms with Gasteiger partial charge in [-0.1, -0.05) is 46.4 Å². The highest BCUT2D eigenvalue weighted by Gasteiger charge is 2.15. The van der Waals surface area contributed by atoms with Crippen molar-refractivity contribution in [1.82, 2.24) is 4.31 Å². The second kappa shape index (κ2) is 7.93. The molecule has 12 heavy (non-hydrogen) atoms. The van der Waals surface area contributed by atoms with Crippen LogP contribution >= 0.6 is 12.8 Å². The predicted octanol–water partition coefficient (Wildman–Crippen LogP) is 3.37. The molecule has 1 heterocycles. The molecule has 0 aromatic rings. The fraction of sp³-hybridized carbons (Fsp3) is 1.00. The molecule has 0 aromatic carbocycles. The number of thiol groups is 1. The SMILES string of the molecule is CC.CCCC1CCN(S)CC1. The molecule has 1 rings (SSSR count). The van der Waals surface area contributed by atoms with E-state index in [1.54, 1.807) is 0 Å². The summed E-state index contributed by atoms with van der Waals surface area (Å²) >= 11 is 4.30. The van der Waals surface area contributed by atoms with Gasteiger partial charge in [-0.2, -0.15) is 0 Å². The summed E-state index contributed by atoms with van der Waals surface area (Å²) in [6.45, 7) is 8.65. The summed E-state index contributed by atoms with van der Waals surface area (Å²) in [5, 5.41) is 0. The van der Waals surface area contributed by atoms with Gasteiger partial charge in [-0.15, -0.1) is 0 Å². The van der Waals surface area contributed by atoms with Crippen molar-refractivity contribution in [3.05, 3.63) is 0 Å². The lowest BCUT2D eigenvalue weighted by Crippen LogP contribution is -2.26. The Bertz CT molecular complexity index is 87.8. The normalized spacial score (nSPS) is 20.0. The first-order valence-corrected chi connectivity index (χ1v) is 5.66. The maximum Gasteiger partial charge on any atom is 0.00896 e. The van der Waals surface area contributed by atoms with Crippen LogP contribution in [0.2, 0.25) is 0 Å². The first kappa shape index (κ1) is 12.3. The van der Waals surface area contributed by atoms with Crippen molar-refractivity contribution in [3.8, 4) is 0 Å². The molecule has 0 amide bonds. The van der Waals surface area contributed by atoms with Crippen molar-refractivity contribution in [2.24, 2.45) is 5.92 Å². The Morgan fingerprint density at radius 2 is 1.75 bits per heavy atom. The van der Waals surface area contributed by atoms with E-state index in [1.807, 2.05) is 13.8 Å². The minimum Gasteiger partial charge on any atom is -0.253 e. The van der Waals surface area contributed by atoms with Crippen LogP contribution in [-0.2, 0) is 0 Å². The summed E-state index contributed by atoms with van der Waals surface area (Å²) in [7, 11) is 0. The van der Waals surface area contributed by atoms with Gasteiger partial charge in [0.25, 0.3) is 0 Å². The molecule has 1 fully saturated rings. The molecule has 0 unspecified atom stereocenters. The monoisotopic (exact) mass is 189 g/mol. The number of rotatable bonds is 2. The van der Waals surface area contributed by atoms with Gasteiger partial charge in [0.15, 0.2) is 0 Å². The molecule has 0 atom stereocenters. The molecule has 0 saturated carbocycles. The van der Waals surface area contributed by atoms with E-state index in [0.717, 1.165) is 5.92 Å². The van der Waals surface area contributed by atoms with E-state index >= 15 is 0 Å². The quantitative estimate of drug-likeness (QED) is 0.652. The average Bonchev–Trinajstić information content (AvgIpc) is 2.13. The smallest absolute Gasteiger partial charge is 0.00896 e. The molecular weight excluding hydrogens is 166 g/mol. The van der Waals surface area contributed by atoms with Crippen molar-refractivity contribution < 1.29 is 0 Å². The third kappa shape index (κ3) is 5.04. The van der Waals surface area contributed by atoms with Crippen LogP contribution in [0.15, 0.2) is 0 Å². The maximum absolute atomic E-state index is 4.30. The van der Waals surface area contributed by atoms with E-state index in [1.165, 1.54) is 38.8 Å². The number of nitrogens with zero attached hydrogens (tertiary/aromatic N) is 1. The van der Waals surface area contributed by atoms with Gasteiger partial charge in [0.1, 0.15) is 0 Å². The van der Waals surface area contributed by atoms with Gasteiger partial charge < -0.3 is 0 Å². The summed E-state index contributed by atoms with van der Waals surface area (Å²) in [6.07, 6.45) is 5.48. The number of piperidine rings is 1. The summed E-state index contributed by atoms with van der Waals surface area (Å²) in [4.78, 5) is 0. The highest BCUT2D eigenvalue weighted by molar-refractivity contribution is 7.77. The molecule has 74 valence electrons. The zero-order valence-corrected chi connectivity index (χ0v) is 9.61. The fourth-order valence-corrected chi connectivity index (χ4v) is 1.85. The Morgan fingerprint density at radius 1 is 1.25 bits per heavy atom. The van der Waals surface area contributed by atoms with Crippen LogP contribution < -0.4 is 0 Å². The summed E-state index contributed by atoms with van der Waals surface area (Å²) < 4.78 is 2.13. The Kier molecular flexibility index (Phi) is 8.14. The van der Waals surface area contributed by atoms with Crippen molar-refractivity contribution in [2.75, 3.05) is 13.1 Å². The van der Waals surface area contributed by atoms with Crippen LogP contribution in [0.25, 0.3) is 0 Å². The Balaban J connectivity index is 0.000000561. The molecule has 2 heteroatoms. The number of hydrogen-bond donors (Lipinski definition) is 1. The summed E-state index contributed by atoms with van der Waals surface area (Å²) in [5.74, 6) is 0.994. The van der Waals surface area contributed by atoms with E-state index in [2.05, 4.69) is 24.0 Å². The van der Waals surface area contributed by atoms with E-state index in [-0.39, 0.29) is 0 Å². The van der Waals surface area contributed by atoms with E-state index in [9.17, 15) is 0 Å². The molecule has 1 nitrogen and oxygen atoms in total. The maximum atomic E-state index is 4.30. The highest BCUT2D eigenvalue weighted by atomic mass is 32.1. The average molecular weight is 189 g/mol. The molecule has 0 aliphatic carbocycles. The predicted molar refractivity (Wildman–Crippen MR) is 59.5 cm³/mol. The minimum absolute atomic E-state index is 0.994. The third-order valence-corrected chi connectivity index (χ3v) is 2.69. The lowest BCUT2D eigenvalue weighted by molar-refractivity contribution is 0.280. The molecule has 1 aliphatic heterocycles. The van der Waals surface area contributed by atoms with Crippen molar-refractivity contribution in [2.45, 2.75) is 46.5 Å². The van der Waals surface area contributed by atoms with E-state index in [0.29, 0.717) is 0 Å². The van der Waals surface area contributed by atoms with Gasteiger partial charge in [-0.05, 0) is 18.8 Å². The minimum atomic E-state index is 0.994. The first-order valence-electron chi connectivity index (χ1n) is 5.26. The third-order valence-electron chi connectivity index (χ3n) is 2.29. The molecule has 0 bridgehead atoms. The van der Waals surface area contributed by atoms with E-state index in [4.69, 9.17) is 0 Å². The molecule has 0 N–H and O–H groups in total. The van der Waals surface area contributed by atoms with E-state index < -0.39 is 0 Å². The van der Waals surface area contributed by atoms with Crippen LogP contribution in [0.5, 0.6) is 0 Å². The van der Waals surface area contributed by atoms with Crippen LogP contribution in [-0.4, -0.2) is 17.4 Å². The van der Waals surface area contributed by atoms with Gasteiger partial charge >= 0.3 is 0 Å². The fourth-order valence-electron chi connectivity index (χ4n) is 1.62. The Morgan fingerprint density at radius 3 is 2.17 bits per heavy atom. The van der Waals surface area contributed by atoms with Crippen LogP contribution in [0.1, 0.15) is 46.5 Å². The molecular formula is C10H23NS. The van der Waals surface area contributed by atoms with Crippen molar-refractivity contribution in [1.29, 1.82) is 0 Å². The van der Waals surface area contributed by atoms with Crippen molar-refractivity contribution >= 4 is 12.8 Å². The first-order chi connectivity index (χ1) is 5.83.